The lowest BCUT2D eigenvalue weighted by molar-refractivity contribution is 0.590. The average Bonchev–Trinajstić information content (AvgIpc) is 2.58. The SMILES string of the molecule is Cc1cc(Nc2c(F)cccc2F)nc(Nc2ccccc2C(C)C)n1. The van der Waals surface area contributed by atoms with Crippen LogP contribution in [0.5, 0.6) is 0 Å². The van der Waals surface area contributed by atoms with Gasteiger partial charge in [0.05, 0.1) is 0 Å². The highest BCUT2D eigenvalue weighted by Gasteiger charge is 2.12. The molecule has 6 heteroatoms. The first kappa shape index (κ1) is 17.8. The third-order valence-electron chi connectivity index (χ3n) is 3.90. The molecule has 0 bridgehead atoms. The molecule has 1 aromatic heterocycles. The van der Waals surface area contributed by atoms with Crippen LogP contribution in [0.3, 0.4) is 0 Å². The van der Waals surface area contributed by atoms with Crippen molar-refractivity contribution in [2.45, 2.75) is 26.7 Å². The van der Waals surface area contributed by atoms with Crippen LogP contribution in [0, 0.1) is 18.6 Å². The number of halogens is 2. The summed E-state index contributed by atoms with van der Waals surface area (Å²) in [5.74, 6) is -0.362. The van der Waals surface area contributed by atoms with Crippen LogP contribution >= 0.6 is 0 Å². The van der Waals surface area contributed by atoms with Gasteiger partial charge < -0.3 is 10.6 Å². The second-order valence-electron chi connectivity index (χ2n) is 6.31. The molecule has 0 fully saturated rings. The number of aromatic nitrogens is 2. The Hall–Kier alpha value is -3.02. The molecule has 0 amide bonds. The average molecular weight is 354 g/mol. The van der Waals surface area contributed by atoms with E-state index in [1.165, 1.54) is 18.2 Å². The van der Waals surface area contributed by atoms with Crippen LogP contribution in [0.25, 0.3) is 0 Å². The van der Waals surface area contributed by atoms with Gasteiger partial charge in [-0.3, -0.25) is 0 Å². The molecule has 26 heavy (non-hydrogen) atoms. The first-order valence-electron chi connectivity index (χ1n) is 8.36. The minimum atomic E-state index is -0.680. The monoisotopic (exact) mass is 354 g/mol. The Morgan fingerprint density at radius 1 is 0.885 bits per heavy atom. The molecule has 2 N–H and O–H groups in total. The van der Waals surface area contributed by atoms with E-state index in [0.29, 0.717) is 23.4 Å². The number of para-hydroxylation sites is 2. The maximum Gasteiger partial charge on any atom is 0.229 e. The standard InChI is InChI=1S/C20H20F2N4/c1-12(2)14-7-4-5-10-17(14)24-20-23-13(3)11-18(26-20)25-19-15(21)8-6-9-16(19)22/h4-12H,1-3H3,(H2,23,24,25,26). The van der Waals surface area contributed by atoms with Gasteiger partial charge in [0.2, 0.25) is 5.95 Å². The number of hydrogen-bond donors (Lipinski definition) is 2. The molecule has 1 heterocycles. The highest BCUT2D eigenvalue weighted by Crippen LogP contribution is 2.27. The third-order valence-corrected chi connectivity index (χ3v) is 3.90. The van der Waals surface area contributed by atoms with E-state index in [9.17, 15) is 8.78 Å². The second kappa shape index (κ2) is 7.47. The molecule has 0 unspecified atom stereocenters. The Bertz CT molecular complexity index is 905. The molecule has 0 aliphatic rings. The number of hydrogen-bond acceptors (Lipinski definition) is 4. The Morgan fingerprint density at radius 3 is 2.27 bits per heavy atom. The van der Waals surface area contributed by atoms with Crippen LogP contribution in [0.1, 0.15) is 31.0 Å². The maximum atomic E-state index is 13.9. The van der Waals surface area contributed by atoms with E-state index in [2.05, 4.69) is 34.4 Å². The molecule has 0 atom stereocenters. The van der Waals surface area contributed by atoms with Crippen LogP contribution in [0.4, 0.5) is 31.9 Å². The second-order valence-corrected chi connectivity index (χ2v) is 6.31. The van der Waals surface area contributed by atoms with Crippen molar-refractivity contribution < 1.29 is 8.78 Å². The van der Waals surface area contributed by atoms with Crippen molar-refractivity contribution in [3.05, 3.63) is 71.4 Å². The lowest BCUT2D eigenvalue weighted by Gasteiger charge is -2.15. The number of nitrogens with zero attached hydrogens (tertiary/aromatic N) is 2. The molecular weight excluding hydrogens is 334 g/mol. The van der Waals surface area contributed by atoms with E-state index in [-0.39, 0.29) is 5.69 Å². The largest absolute Gasteiger partial charge is 0.335 e. The maximum absolute atomic E-state index is 13.9. The Morgan fingerprint density at radius 2 is 1.58 bits per heavy atom. The van der Waals surface area contributed by atoms with Crippen molar-refractivity contribution in [1.29, 1.82) is 0 Å². The molecular formula is C20H20F2N4. The smallest absolute Gasteiger partial charge is 0.229 e. The minimum absolute atomic E-state index is 0.237. The fourth-order valence-electron chi connectivity index (χ4n) is 2.67. The molecule has 0 saturated carbocycles. The molecule has 0 saturated heterocycles. The first-order chi connectivity index (χ1) is 12.4. The topological polar surface area (TPSA) is 49.8 Å². The highest BCUT2D eigenvalue weighted by atomic mass is 19.1. The summed E-state index contributed by atoms with van der Waals surface area (Å²) >= 11 is 0. The van der Waals surface area contributed by atoms with E-state index in [1.807, 2.05) is 24.3 Å². The zero-order valence-electron chi connectivity index (χ0n) is 14.8. The Kier molecular flexibility index (Phi) is 5.11. The van der Waals surface area contributed by atoms with Gasteiger partial charge in [-0.25, -0.2) is 13.8 Å². The number of benzene rings is 2. The van der Waals surface area contributed by atoms with Gasteiger partial charge in [0, 0.05) is 17.4 Å². The van der Waals surface area contributed by atoms with Crippen molar-refractivity contribution in [3.63, 3.8) is 0 Å². The highest BCUT2D eigenvalue weighted by molar-refractivity contribution is 5.63. The summed E-state index contributed by atoms with van der Waals surface area (Å²) < 4.78 is 27.7. The van der Waals surface area contributed by atoms with E-state index in [1.54, 1.807) is 13.0 Å². The molecule has 0 aliphatic heterocycles. The van der Waals surface area contributed by atoms with E-state index in [0.717, 1.165) is 11.3 Å². The Balaban J connectivity index is 1.92. The fraction of sp³-hybridized carbons (Fsp3) is 0.200. The van der Waals surface area contributed by atoms with Gasteiger partial charge in [-0.1, -0.05) is 38.1 Å². The minimum Gasteiger partial charge on any atom is -0.335 e. The van der Waals surface area contributed by atoms with Crippen molar-refractivity contribution >= 4 is 23.1 Å². The van der Waals surface area contributed by atoms with Crippen LogP contribution in [0.2, 0.25) is 0 Å². The van der Waals surface area contributed by atoms with Crippen molar-refractivity contribution in [2.75, 3.05) is 10.6 Å². The van der Waals surface area contributed by atoms with E-state index in [4.69, 9.17) is 0 Å². The van der Waals surface area contributed by atoms with Gasteiger partial charge in [0.15, 0.2) is 0 Å². The lowest BCUT2D eigenvalue weighted by atomic mass is 10.0. The molecule has 0 spiro atoms. The number of rotatable bonds is 5. The molecule has 2 aromatic carbocycles. The normalized spacial score (nSPS) is 10.8. The van der Waals surface area contributed by atoms with Gasteiger partial charge in [0.1, 0.15) is 23.1 Å². The van der Waals surface area contributed by atoms with Gasteiger partial charge >= 0.3 is 0 Å². The van der Waals surface area contributed by atoms with Crippen molar-refractivity contribution in [3.8, 4) is 0 Å². The van der Waals surface area contributed by atoms with Crippen LogP contribution in [-0.4, -0.2) is 9.97 Å². The lowest BCUT2D eigenvalue weighted by Crippen LogP contribution is -2.05. The first-order valence-corrected chi connectivity index (χ1v) is 8.36. The van der Waals surface area contributed by atoms with Crippen LogP contribution < -0.4 is 10.6 Å². The quantitative estimate of drug-likeness (QED) is 0.619. The summed E-state index contributed by atoms with van der Waals surface area (Å²) in [5.41, 5.74) is 2.46. The molecule has 3 rings (SSSR count). The Labute approximate surface area is 151 Å². The van der Waals surface area contributed by atoms with Crippen molar-refractivity contribution in [2.24, 2.45) is 0 Å². The summed E-state index contributed by atoms with van der Waals surface area (Å²) in [6.45, 7) is 6.00. The molecule has 4 nitrogen and oxygen atoms in total. The van der Waals surface area contributed by atoms with Gasteiger partial charge in [-0.2, -0.15) is 4.98 Å². The summed E-state index contributed by atoms with van der Waals surface area (Å²) in [7, 11) is 0. The van der Waals surface area contributed by atoms with Crippen LogP contribution in [0.15, 0.2) is 48.5 Å². The van der Waals surface area contributed by atoms with Gasteiger partial charge in [-0.05, 0) is 36.6 Å². The molecule has 134 valence electrons. The number of anilines is 4. The molecule has 0 aliphatic carbocycles. The molecule has 0 radical (unpaired) electrons. The van der Waals surface area contributed by atoms with Crippen molar-refractivity contribution in [1.82, 2.24) is 9.97 Å². The van der Waals surface area contributed by atoms with Gasteiger partial charge in [0.25, 0.3) is 0 Å². The third kappa shape index (κ3) is 3.96. The number of nitrogens with one attached hydrogen (secondary N) is 2. The predicted molar refractivity (Wildman–Crippen MR) is 100 cm³/mol. The van der Waals surface area contributed by atoms with Gasteiger partial charge in [-0.15, -0.1) is 0 Å². The summed E-state index contributed by atoms with van der Waals surface area (Å²) in [6.07, 6.45) is 0. The summed E-state index contributed by atoms with van der Waals surface area (Å²) in [4.78, 5) is 8.71. The zero-order valence-corrected chi connectivity index (χ0v) is 14.8. The molecule has 3 aromatic rings. The van der Waals surface area contributed by atoms with E-state index >= 15 is 0 Å². The fourth-order valence-corrected chi connectivity index (χ4v) is 2.67. The van der Waals surface area contributed by atoms with Crippen LogP contribution in [-0.2, 0) is 0 Å². The zero-order chi connectivity index (χ0) is 18.7. The van der Waals surface area contributed by atoms with E-state index < -0.39 is 11.6 Å². The summed E-state index contributed by atoms with van der Waals surface area (Å²) in [6, 6.07) is 13.2. The number of aryl methyl sites for hydroxylation is 1. The predicted octanol–water partition coefficient (Wildman–Crippen LogP) is 5.67. The summed E-state index contributed by atoms with van der Waals surface area (Å²) in [5, 5.41) is 5.90.